The Kier molecular flexibility index (Phi) is 6.89. The van der Waals surface area contributed by atoms with Gasteiger partial charge in [-0.25, -0.2) is 21.6 Å². The van der Waals surface area contributed by atoms with Gasteiger partial charge in [-0.3, -0.25) is 9.52 Å². The average molecular weight is 494 g/mol. The second kappa shape index (κ2) is 9.29. The second-order valence-electron chi connectivity index (χ2n) is 6.71. The summed E-state index contributed by atoms with van der Waals surface area (Å²) in [5, 5.41) is 0.523. The summed E-state index contributed by atoms with van der Waals surface area (Å²) in [5.41, 5.74) is 1.26. The maximum Gasteiger partial charge on any atom is 0.261 e. The van der Waals surface area contributed by atoms with Gasteiger partial charge in [-0.1, -0.05) is 17.7 Å². The van der Waals surface area contributed by atoms with E-state index in [0.29, 0.717) is 16.3 Å². The molecule has 168 valence electrons. The number of nitrogens with one attached hydrogen (secondary N) is 2. The van der Waals surface area contributed by atoms with Crippen LogP contribution in [0.1, 0.15) is 10.4 Å². The Morgan fingerprint density at radius 2 is 1.41 bits per heavy atom. The first-order valence-corrected chi connectivity index (χ1v) is 12.6. The number of anilines is 2. The molecule has 0 saturated carbocycles. The van der Waals surface area contributed by atoms with Crippen LogP contribution in [0.3, 0.4) is 0 Å². The maximum absolute atomic E-state index is 12.7. The van der Waals surface area contributed by atoms with Crippen LogP contribution in [-0.2, 0) is 20.0 Å². The summed E-state index contributed by atoms with van der Waals surface area (Å²) in [5.74, 6) is -0.252. The number of nitrogens with zero attached hydrogens (tertiary/aromatic N) is 1. The largest absolute Gasteiger partial charge is 0.311 e. The summed E-state index contributed by atoms with van der Waals surface area (Å²) >= 11 is 5.85. The first-order chi connectivity index (χ1) is 15.0. The molecule has 0 aliphatic carbocycles. The van der Waals surface area contributed by atoms with Gasteiger partial charge in [-0.15, -0.1) is 0 Å². The number of hydrogen-bond acceptors (Lipinski definition) is 5. The molecule has 0 radical (unpaired) electrons. The van der Waals surface area contributed by atoms with Crippen LogP contribution in [0.15, 0.2) is 82.6 Å². The van der Waals surface area contributed by atoms with E-state index in [1.807, 2.05) is 0 Å². The Morgan fingerprint density at radius 3 is 1.97 bits per heavy atom. The van der Waals surface area contributed by atoms with E-state index in [1.165, 1.54) is 42.3 Å². The van der Waals surface area contributed by atoms with Gasteiger partial charge in [0.1, 0.15) is 0 Å². The van der Waals surface area contributed by atoms with Crippen molar-refractivity contribution in [1.29, 1.82) is 0 Å². The smallest absolute Gasteiger partial charge is 0.261 e. The number of carbonyl (C=O) groups is 1. The Labute approximate surface area is 191 Å². The molecule has 0 saturated heterocycles. The fraction of sp³-hybridized carbons (Fsp3) is 0.0952. The molecule has 0 spiro atoms. The number of hydrogen-bond donors (Lipinski definition) is 2. The van der Waals surface area contributed by atoms with Gasteiger partial charge in [0.2, 0.25) is 10.0 Å². The molecule has 8 nitrogen and oxygen atoms in total. The highest BCUT2D eigenvalue weighted by molar-refractivity contribution is 7.93. The third-order valence-electron chi connectivity index (χ3n) is 4.60. The van der Waals surface area contributed by atoms with Crippen LogP contribution in [0, 0.1) is 0 Å². The van der Waals surface area contributed by atoms with E-state index in [4.69, 9.17) is 11.6 Å². The zero-order valence-corrected chi connectivity index (χ0v) is 19.5. The van der Waals surface area contributed by atoms with Crippen LogP contribution in [0.5, 0.6) is 0 Å². The van der Waals surface area contributed by atoms with Gasteiger partial charge in [-0.05, 0) is 73.8 Å². The number of benzene rings is 3. The van der Waals surface area contributed by atoms with Gasteiger partial charge >= 0.3 is 0 Å². The van der Waals surface area contributed by atoms with E-state index < -0.39 is 20.0 Å². The lowest BCUT2D eigenvalue weighted by molar-refractivity contribution is 0.0993. The lowest BCUT2D eigenvalue weighted by Gasteiger charge is -2.18. The topological polar surface area (TPSA) is 113 Å². The van der Waals surface area contributed by atoms with Crippen molar-refractivity contribution in [2.24, 2.45) is 0 Å². The van der Waals surface area contributed by atoms with Gasteiger partial charge in [0, 0.05) is 29.0 Å². The van der Waals surface area contributed by atoms with Crippen molar-refractivity contribution < 1.29 is 21.6 Å². The van der Waals surface area contributed by atoms with Crippen LogP contribution in [0.2, 0.25) is 5.02 Å². The Bertz CT molecular complexity index is 1340. The lowest BCUT2D eigenvalue weighted by atomic mass is 10.2. The van der Waals surface area contributed by atoms with Crippen LogP contribution < -0.4 is 14.3 Å². The molecule has 0 unspecified atom stereocenters. The molecular weight excluding hydrogens is 474 g/mol. The van der Waals surface area contributed by atoms with Crippen molar-refractivity contribution in [3.8, 4) is 0 Å². The molecule has 0 heterocycles. The Hall–Kier alpha value is -2.92. The number of amides is 1. The summed E-state index contributed by atoms with van der Waals surface area (Å²) in [6, 6.07) is 17.7. The molecular formula is C21H20ClN3O5S2. The second-order valence-corrected chi connectivity index (χ2v) is 10.7. The first kappa shape index (κ1) is 23.7. The van der Waals surface area contributed by atoms with Crippen molar-refractivity contribution in [1.82, 2.24) is 4.72 Å². The summed E-state index contributed by atoms with van der Waals surface area (Å²) in [7, 11) is -4.98. The Morgan fingerprint density at radius 1 is 0.844 bits per heavy atom. The molecule has 0 atom stereocenters. The standard InChI is InChI=1S/C21H20ClN3O5S2/c1-23-31(27,28)19-4-3-5-20(14-19)32(29,30)24-17-10-12-18(13-11-17)25(2)21(26)15-6-8-16(22)9-7-15/h3-14,23-24H,1-2H3. The van der Waals surface area contributed by atoms with Gasteiger partial charge < -0.3 is 4.90 Å². The van der Waals surface area contributed by atoms with Gasteiger partial charge in [0.25, 0.3) is 15.9 Å². The predicted molar refractivity (Wildman–Crippen MR) is 124 cm³/mol. The zero-order chi connectivity index (χ0) is 23.5. The van der Waals surface area contributed by atoms with Gasteiger partial charge in [0.05, 0.1) is 9.79 Å². The summed E-state index contributed by atoms with van der Waals surface area (Å²) < 4.78 is 53.9. The molecule has 3 aromatic carbocycles. The fourth-order valence-corrected chi connectivity index (χ4v) is 4.88. The molecule has 3 rings (SSSR count). The maximum atomic E-state index is 12.7. The average Bonchev–Trinajstić information content (AvgIpc) is 2.79. The minimum Gasteiger partial charge on any atom is -0.311 e. The first-order valence-electron chi connectivity index (χ1n) is 9.23. The minimum absolute atomic E-state index is 0.166. The SMILES string of the molecule is CNS(=O)(=O)c1cccc(S(=O)(=O)Nc2ccc(N(C)C(=O)c3ccc(Cl)cc3)cc2)c1. The van der Waals surface area contributed by atoms with Crippen LogP contribution in [0.4, 0.5) is 11.4 Å². The van der Waals surface area contributed by atoms with E-state index >= 15 is 0 Å². The van der Waals surface area contributed by atoms with Crippen LogP contribution in [0.25, 0.3) is 0 Å². The molecule has 0 aliphatic heterocycles. The number of carbonyl (C=O) groups excluding carboxylic acids is 1. The van der Waals surface area contributed by atoms with E-state index in [1.54, 1.807) is 43.4 Å². The van der Waals surface area contributed by atoms with E-state index in [-0.39, 0.29) is 21.4 Å². The Balaban J connectivity index is 1.78. The van der Waals surface area contributed by atoms with Gasteiger partial charge in [-0.2, -0.15) is 0 Å². The number of sulfonamides is 2. The lowest BCUT2D eigenvalue weighted by Crippen LogP contribution is -2.26. The highest BCUT2D eigenvalue weighted by atomic mass is 35.5. The zero-order valence-electron chi connectivity index (χ0n) is 17.1. The van der Waals surface area contributed by atoms with Crippen LogP contribution in [-0.4, -0.2) is 36.8 Å². The molecule has 0 aromatic heterocycles. The van der Waals surface area contributed by atoms with Crippen molar-refractivity contribution in [3.63, 3.8) is 0 Å². The summed E-state index contributed by atoms with van der Waals surface area (Å²) in [6.07, 6.45) is 0. The van der Waals surface area contributed by atoms with Gasteiger partial charge in [0.15, 0.2) is 0 Å². The third kappa shape index (κ3) is 5.28. The highest BCUT2D eigenvalue weighted by Crippen LogP contribution is 2.23. The monoisotopic (exact) mass is 493 g/mol. The summed E-state index contributed by atoms with van der Waals surface area (Å²) in [4.78, 5) is 13.7. The van der Waals surface area contributed by atoms with E-state index in [2.05, 4.69) is 9.44 Å². The van der Waals surface area contributed by atoms with E-state index in [0.717, 1.165) is 6.07 Å². The highest BCUT2D eigenvalue weighted by Gasteiger charge is 2.19. The summed E-state index contributed by atoms with van der Waals surface area (Å²) in [6.45, 7) is 0. The number of rotatable bonds is 7. The molecule has 11 heteroatoms. The molecule has 2 N–H and O–H groups in total. The molecule has 1 amide bonds. The van der Waals surface area contributed by atoms with Crippen molar-refractivity contribution in [2.75, 3.05) is 23.7 Å². The molecule has 0 fully saturated rings. The third-order valence-corrected chi connectivity index (χ3v) is 7.64. The van der Waals surface area contributed by atoms with Crippen molar-refractivity contribution >= 4 is 48.9 Å². The minimum atomic E-state index is -4.04. The number of halogens is 1. The van der Waals surface area contributed by atoms with Crippen LogP contribution >= 0.6 is 11.6 Å². The normalized spacial score (nSPS) is 11.7. The molecule has 0 bridgehead atoms. The fourth-order valence-electron chi connectivity index (χ4n) is 2.80. The molecule has 32 heavy (non-hydrogen) atoms. The van der Waals surface area contributed by atoms with Crippen molar-refractivity contribution in [2.45, 2.75) is 9.79 Å². The van der Waals surface area contributed by atoms with Crippen molar-refractivity contribution in [3.05, 3.63) is 83.4 Å². The molecule has 3 aromatic rings. The van der Waals surface area contributed by atoms with E-state index in [9.17, 15) is 21.6 Å². The predicted octanol–water partition coefficient (Wildman–Crippen LogP) is 3.33. The quantitative estimate of drug-likeness (QED) is 0.524. The molecule has 0 aliphatic rings.